The number of fused-ring (bicyclic) bond motifs is 3. The van der Waals surface area contributed by atoms with Gasteiger partial charge in [0.05, 0.1) is 0 Å². The Morgan fingerprint density at radius 2 is 2.04 bits per heavy atom. The van der Waals surface area contributed by atoms with Gasteiger partial charge in [0.15, 0.2) is 6.61 Å². The van der Waals surface area contributed by atoms with Crippen LogP contribution in [0.2, 0.25) is 0 Å². The van der Waals surface area contributed by atoms with Crippen LogP contribution in [0.3, 0.4) is 0 Å². The van der Waals surface area contributed by atoms with E-state index in [9.17, 15) is 4.79 Å². The van der Waals surface area contributed by atoms with Crippen molar-refractivity contribution < 1.29 is 9.53 Å². The van der Waals surface area contributed by atoms with E-state index in [1.165, 1.54) is 33.3 Å². The predicted molar refractivity (Wildman–Crippen MR) is 113 cm³/mol. The van der Waals surface area contributed by atoms with E-state index in [0.717, 1.165) is 37.9 Å². The molecule has 146 valence electrons. The van der Waals surface area contributed by atoms with Crippen molar-refractivity contribution in [3.63, 3.8) is 0 Å². The lowest BCUT2D eigenvalue weighted by molar-refractivity contribution is -0.123. The van der Waals surface area contributed by atoms with Crippen LogP contribution in [0.15, 0.2) is 42.5 Å². The van der Waals surface area contributed by atoms with Gasteiger partial charge in [-0.2, -0.15) is 0 Å². The van der Waals surface area contributed by atoms with Crippen molar-refractivity contribution in [2.75, 3.05) is 6.61 Å². The maximum atomic E-state index is 12.3. The minimum absolute atomic E-state index is 0.0574. The average Bonchev–Trinajstić information content (AvgIpc) is 3.04. The number of rotatable bonds is 6. The van der Waals surface area contributed by atoms with Crippen LogP contribution < -0.4 is 10.1 Å². The first-order valence-electron chi connectivity index (χ1n) is 10.2. The first-order chi connectivity index (χ1) is 13.6. The largest absolute Gasteiger partial charge is 0.484 e. The van der Waals surface area contributed by atoms with Gasteiger partial charge in [-0.25, -0.2) is 0 Å². The summed E-state index contributed by atoms with van der Waals surface area (Å²) in [6.07, 6.45) is 4.99. The van der Waals surface area contributed by atoms with Gasteiger partial charge in [-0.15, -0.1) is 0 Å². The molecule has 1 aliphatic rings. The van der Waals surface area contributed by atoms with E-state index in [-0.39, 0.29) is 18.6 Å². The minimum atomic E-state index is -0.0574. The molecule has 0 saturated carbocycles. The van der Waals surface area contributed by atoms with Crippen molar-refractivity contribution in [1.29, 1.82) is 0 Å². The second-order valence-electron chi connectivity index (χ2n) is 7.82. The lowest BCUT2D eigenvalue weighted by atomic mass is 9.91. The molecule has 0 spiro atoms. The molecule has 4 nitrogen and oxygen atoms in total. The molecule has 4 rings (SSSR count). The zero-order valence-electron chi connectivity index (χ0n) is 16.7. The van der Waals surface area contributed by atoms with E-state index in [0.29, 0.717) is 0 Å². The number of nitrogens with one attached hydrogen (secondary N) is 2. The summed E-state index contributed by atoms with van der Waals surface area (Å²) >= 11 is 0. The van der Waals surface area contributed by atoms with Crippen molar-refractivity contribution >= 4 is 16.8 Å². The van der Waals surface area contributed by atoms with Crippen LogP contribution in [0.5, 0.6) is 5.75 Å². The Labute approximate surface area is 166 Å². The van der Waals surface area contributed by atoms with Crippen molar-refractivity contribution in [3.8, 4) is 5.75 Å². The molecule has 1 amide bonds. The molecule has 1 aromatic heterocycles. The summed E-state index contributed by atoms with van der Waals surface area (Å²) in [5, 5.41) is 4.46. The fourth-order valence-electron chi connectivity index (χ4n) is 4.13. The van der Waals surface area contributed by atoms with Gasteiger partial charge in [0.25, 0.3) is 5.91 Å². The molecule has 1 heterocycles. The number of hydrogen-bond donors (Lipinski definition) is 2. The van der Waals surface area contributed by atoms with Gasteiger partial charge in [0.2, 0.25) is 0 Å². The molecule has 2 aromatic carbocycles. The summed E-state index contributed by atoms with van der Waals surface area (Å²) in [4.78, 5) is 15.9. The molecule has 2 N–H and O–H groups in total. The van der Waals surface area contributed by atoms with Gasteiger partial charge in [-0.3, -0.25) is 4.79 Å². The van der Waals surface area contributed by atoms with Gasteiger partial charge in [0.1, 0.15) is 5.75 Å². The quantitative estimate of drug-likeness (QED) is 0.666. The Balaban J connectivity index is 1.32. The summed E-state index contributed by atoms with van der Waals surface area (Å²) < 4.78 is 5.65. The number of H-pyrrole nitrogens is 1. The highest BCUT2D eigenvalue weighted by molar-refractivity contribution is 5.85. The van der Waals surface area contributed by atoms with Gasteiger partial charge < -0.3 is 15.0 Å². The normalized spacial score (nSPS) is 16.0. The van der Waals surface area contributed by atoms with Crippen molar-refractivity contribution in [2.24, 2.45) is 0 Å². The number of ether oxygens (including phenoxy) is 1. The van der Waals surface area contributed by atoms with E-state index in [2.05, 4.69) is 54.5 Å². The fraction of sp³-hybridized carbons (Fsp3) is 0.375. The van der Waals surface area contributed by atoms with E-state index >= 15 is 0 Å². The van der Waals surface area contributed by atoms with Gasteiger partial charge in [-0.05, 0) is 61.6 Å². The molecule has 0 saturated heterocycles. The number of aromatic nitrogens is 1. The molecule has 28 heavy (non-hydrogen) atoms. The molecular weight excluding hydrogens is 348 g/mol. The summed E-state index contributed by atoms with van der Waals surface area (Å²) in [6, 6.07) is 14.7. The SMILES string of the molecule is CCCc1ccc(OCC(=O)NC2CCc3c([nH]c4ccc(C)cc34)C2)cc1. The number of hydrogen-bond acceptors (Lipinski definition) is 2. The van der Waals surface area contributed by atoms with E-state index in [4.69, 9.17) is 4.74 Å². The summed E-state index contributed by atoms with van der Waals surface area (Å²) in [7, 11) is 0. The zero-order chi connectivity index (χ0) is 19.5. The monoisotopic (exact) mass is 376 g/mol. The highest BCUT2D eigenvalue weighted by Crippen LogP contribution is 2.29. The van der Waals surface area contributed by atoms with Crippen molar-refractivity contribution in [2.45, 2.75) is 52.0 Å². The van der Waals surface area contributed by atoms with E-state index in [1.54, 1.807) is 0 Å². The lowest BCUT2D eigenvalue weighted by Crippen LogP contribution is -2.41. The molecule has 0 fully saturated rings. The molecule has 3 aromatic rings. The first kappa shape index (κ1) is 18.6. The Morgan fingerprint density at radius 1 is 1.21 bits per heavy atom. The minimum Gasteiger partial charge on any atom is -0.484 e. The Morgan fingerprint density at radius 3 is 2.82 bits per heavy atom. The maximum absolute atomic E-state index is 12.3. The summed E-state index contributed by atoms with van der Waals surface area (Å²) in [6.45, 7) is 4.35. The van der Waals surface area contributed by atoms with E-state index < -0.39 is 0 Å². The van der Waals surface area contributed by atoms with Crippen LogP contribution in [0.1, 0.15) is 42.1 Å². The predicted octanol–water partition coefficient (Wildman–Crippen LogP) is 4.48. The number of carbonyl (C=O) groups excluding carboxylic acids is 1. The molecule has 1 atom stereocenters. The van der Waals surface area contributed by atoms with E-state index in [1.807, 2.05) is 12.1 Å². The second-order valence-corrected chi connectivity index (χ2v) is 7.82. The van der Waals surface area contributed by atoms with Crippen LogP contribution >= 0.6 is 0 Å². The number of benzene rings is 2. The molecule has 0 aliphatic heterocycles. The Kier molecular flexibility index (Phi) is 5.38. The highest BCUT2D eigenvalue weighted by Gasteiger charge is 2.23. The Bertz CT molecular complexity index is 972. The lowest BCUT2D eigenvalue weighted by Gasteiger charge is -2.23. The molecular formula is C24H28N2O2. The molecule has 1 aliphatic carbocycles. The number of amides is 1. The third kappa shape index (κ3) is 4.06. The first-order valence-corrected chi connectivity index (χ1v) is 10.2. The van der Waals surface area contributed by atoms with Crippen LogP contribution in [-0.2, 0) is 24.1 Å². The number of carbonyl (C=O) groups is 1. The van der Waals surface area contributed by atoms with Gasteiger partial charge >= 0.3 is 0 Å². The second kappa shape index (κ2) is 8.09. The van der Waals surface area contributed by atoms with Crippen molar-refractivity contribution in [3.05, 3.63) is 64.8 Å². The highest BCUT2D eigenvalue weighted by atomic mass is 16.5. The van der Waals surface area contributed by atoms with Crippen LogP contribution in [0, 0.1) is 6.92 Å². The third-order valence-electron chi connectivity index (χ3n) is 5.54. The number of aryl methyl sites for hydroxylation is 3. The third-order valence-corrected chi connectivity index (χ3v) is 5.54. The number of aromatic amines is 1. The molecule has 4 heteroatoms. The zero-order valence-corrected chi connectivity index (χ0v) is 16.7. The standard InChI is InChI=1S/C24H28N2O2/c1-3-4-17-6-9-19(10-7-17)28-15-24(27)25-18-8-11-20-21-13-16(2)5-12-22(21)26-23(20)14-18/h5-7,9-10,12-13,18,26H,3-4,8,11,14-15H2,1-2H3,(H,25,27). The Hall–Kier alpha value is -2.75. The fourth-order valence-corrected chi connectivity index (χ4v) is 4.13. The van der Waals surface area contributed by atoms with Crippen LogP contribution in [-0.4, -0.2) is 23.5 Å². The topological polar surface area (TPSA) is 54.1 Å². The molecule has 0 radical (unpaired) electrons. The summed E-state index contributed by atoms with van der Waals surface area (Å²) in [5.74, 6) is 0.685. The summed E-state index contributed by atoms with van der Waals surface area (Å²) in [5.41, 5.74) is 6.44. The van der Waals surface area contributed by atoms with Crippen LogP contribution in [0.25, 0.3) is 10.9 Å². The van der Waals surface area contributed by atoms with Gasteiger partial charge in [0, 0.05) is 29.1 Å². The van der Waals surface area contributed by atoms with Crippen LogP contribution in [0.4, 0.5) is 0 Å². The maximum Gasteiger partial charge on any atom is 0.258 e. The van der Waals surface area contributed by atoms with Gasteiger partial charge in [-0.1, -0.05) is 37.1 Å². The van der Waals surface area contributed by atoms with Crippen molar-refractivity contribution in [1.82, 2.24) is 10.3 Å². The average molecular weight is 377 g/mol. The molecule has 0 bridgehead atoms. The smallest absolute Gasteiger partial charge is 0.258 e. The molecule has 1 unspecified atom stereocenters.